The third-order valence-corrected chi connectivity index (χ3v) is 3.66. The molecule has 0 fully saturated rings. The summed E-state index contributed by atoms with van der Waals surface area (Å²) in [6.07, 6.45) is 2.15. The quantitative estimate of drug-likeness (QED) is 0.854. The van der Waals surface area contributed by atoms with E-state index in [2.05, 4.69) is 30.5 Å². The lowest BCUT2D eigenvalue weighted by Gasteiger charge is -2.18. The molecule has 1 aliphatic rings. The van der Waals surface area contributed by atoms with Crippen LogP contribution in [0.4, 0.5) is 0 Å². The van der Waals surface area contributed by atoms with Crippen LogP contribution < -0.4 is 10.6 Å². The minimum Gasteiger partial charge on any atom is -0.352 e. The molecule has 1 aromatic carbocycles. The largest absolute Gasteiger partial charge is 0.352 e. The smallest absolute Gasteiger partial charge is 0.251 e. The summed E-state index contributed by atoms with van der Waals surface area (Å²) in [6.45, 7) is 6.96. The van der Waals surface area contributed by atoms with E-state index in [4.69, 9.17) is 0 Å². The zero-order chi connectivity index (χ0) is 13.0. The average molecular weight is 246 g/mol. The van der Waals surface area contributed by atoms with Gasteiger partial charge < -0.3 is 10.6 Å². The van der Waals surface area contributed by atoms with Crippen molar-refractivity contribution in [2.75, 3.05) is 13.1 Å². The van der Waals surface area contributed by atoms with Crippen molar-refractivity contribution in [3.63, 3.8) is 0 Å². The first-order chi connectivity index (χ1) is 8.70. The molecule has 0 bridgehead atoms. The van der Waals surface area contributed by atoms with Crippen molar-refractivity contribution >= 4 is 5.91 Å². The van der Waals surface area contributed by atoms with Crippen LogP contribution in [-0.4, -0.2) is 19.0 Å². The number of carbonyl (C=O) groups excluding carboxylic acids is 1. The molecule has 1 aliphatic heterocycles. The molecule has 1 atom stereocenters. The van der Waals surface area contributed by atoms with Gasteiger partial charge in [0, 0.05) is 18.7 Å². The van der Waals surface area contributed by atoms with E-state index in [1.165, 1.54) is 11.1 Å². The van der Waals surface area contributed by atoms with Gasteiger partial charge >= 0.3 is 0 Å². The highest BCUT2D eigenvalue weighted by atomic mass is 16.1. The van der Waals surface area contributed by atoms with Crippen molar-refractivity contribution in [1.82, 2.24) is 10.6 Å². The van der Waals surface area contributed by atoms with Gasteiger partial charge in [-0.1, -0.05) is 26.3 Å². The van der Waals surface area contributed by atoms with Gasteiger partial charge in [0.05, 0.1) is 0 Å². The van der Waals surface area contributed by atoms with E-state index in [0.29, 0.717) is 5.92 Å². The summed E-state index contributed by atoms with van der Waals surface area (Å²) in [5.74, 6) is 0.580. The molecule has 18 heavy (non-hydrogen) atoms. The summed E-state index contributed by atoms with van der Waals surface area (Å²) >= 11 is 0. The summed E-state index contributed by atoms with van der Waals surface area (Å²) in [5.41, 5.74) is 3.41. The number of amides is 1. The van der Waals surface area contributed by atoms with Crippen LogP contribution in [0.1, 0.15) is 41.8 Å². The van der Waals surface area contributed by atoms with Crippen LogP contribution in [0, 0.1) is 5.92 Å². The van der Waals surface area contributed by atoms with Crippen molar-refractivity contribution in [3.8, 4) is 0 Å². The van der Waals surface area contributed by atoms with Crippen molar-refractivity contribution < 1.29 is 4.79 Å². The Morgan fingerprint density at radius 1 is 1.44 bits per heavy atom. The third-order valence-electron chi connectivity index (χ3n) is 3.66. The van der Waals surface area contributed by atoms with E-state index in [1.54, 1.807) is 0 Å². The highest BCUT2D eigenvalue weighted by Gasteiger charge is 2.12. The minimum atomic E-state index is 0.0451. The fourth-order valence-corrected chi connectivity index (χ4v) is 2.14. The molecule has 0 aromatic heterocycles. The maximum Gasteiger partial charge on any atom is 0.251 e. The Morgan fingerprint density at radius 3 is 3.06 bits per heavy atom. The van der Waals surface area contributed by atoms with Crippen molar-refractivity contribution in [2.45, 2.75) is 33.2 Å². The summed E-state index contributed by atoms with van der Waals surface area (Å²) in [5, 5.41) is 6.33. The number of rotatable bonds is 4. The molecule has 0 radical (unpaired) electrons. The Hall–Kier alpha value is -1.35. The fraction of sp³-hybridized carbons (Fsp3) is 0.533. The van der Waals surface area contributed by atoms with Gasteiger partial charge in [0.1, 0.15) is 0 Å². The summed E-state index contributed by atoms with van der Waals surface area (Å²) in [7, 11) is 0. The molecule has 2 N–H and O–H groups in total. The van der Waals surface area contributed by atoms with Gasteiger partial charge in [-0.15, -0.1) is 0 Å². The van der Waals surface area contributed by atoms with Crippen molar-refractivity contribution in [3.05, 3.63) is 34.9 Å². The lowest BCUT2D eigenvalue weighted by atomic mass is 9.98. The molecule has 1 aromatic rings. The summed E-state index contributed by atoms with van der Waals surface area (Å²) in [6, 6.07) is 6.05. The molecule has 98 valence electrons. The monoisotopic (exact) mass is 246 g/mol. The van der Waals surface area contributed by atoms with Gasteiger partial charge in [0.25, 0.3) is 5.91 Å². The predicted molar refractivity (Wildman–Crippen MR) is 73.6 cm³/mol. The van der Waals surface area contributed by atoms with Crippen LogP contribution in [0.15, 0.2) is 18.2 Å². The number of hydrogen-bond donors (Lipinski definition) is 2. The Balaban J connectivity index is 2.02. The first-order valence-electron chi connectivity index (χ1n) is 6.81. The van der Waals surface area contributed by atoms with E-state index in [9.17, 15) is 4.79 Å². The van der Waals surface area contributed by atoms with E-state index >= 15 is 0 Å². The molecule has 3 heteroatoms. The van der Waals surface area contributed by atoms with Crippen LogP contribution >= 0.6 is 0 Å². The van der Waals surface area contributed by atoms with Gasteiger partial charge in [0.2, 0.25) is 0 Å². The summed E-state index contributed by atoms with van der Waals surface area (Å²) < 4.78 is 0. The van der Waals surface area contributed by atoms with Gasteiger partial charge in [-0.25, -0.2) is 0 Å². The lowest BCUT2D eigenvalue weighted by molar-refractivity contribution is 0.0947. The number of hydrogen-bond acceptors (Lipinski definition) is 2. The van der Waals surface area contributed by atoms with Gasteiger partial charge in [-0.3, -0.25) is 4.79 Å². The number of fused-ring (bicyclic) bond motifs is 1. The molecule has 3 nitrogen and oxygen atoms in total. The van der Waals surface area contributed by atoms with Gasteiger partial charge in [-0.05, 0) is 42.1 Å². The first-order valence-corrected chi connectivity index (χ1v) is 6.81. The Labute approximate surface area is 109 Å². The van der Waals surface area contributed by atoms with Crippen LogP contribution in [0.3, 0.4) is 0 Å². The van der Waals surface area contributed by atoms with Crippen LogP contribution in [-0.2, 0) is 13.0 Å². The minimum absolute atomic E-state index is 0.0451. The maximum absolute atomic E-state index is 12.0. The van der Waals surface area contributed by atoms with E-state index < -0.39 is 0 Å². The number of nitrogens with one attached hydrogen (secondary N) is 2. The zero-order valence-corrected chi connectivity index (χ0v) is 11.3. The summed E-state index contributed by atoms with van der Waals surface area (Å²) in [4.78, 5) is 12.0. The molecule has 0 aliphatic carbocycles. The van der Waals surface area contributed by atoms with E-state index in [0.717, 1.165) is 38.0 Å². The Bertz CT molecular complexity index is 429. The van der Waals surface area contributed by atoms with Crippen LogP contribution in [0.2, 0.25) is 0 Å². The second-order valence-corrected chi connectivity index (χ2v) is 5.13. The molecular weight excluding hydrogens is 224 g/mol. The fourth-order valence-electron chi connectivity index (χ4n) is 2.14. The second-order valence-electron chi connectivity index (χ2n) is 5.13. The highest BCUT2D eigenvalue weighted by molar-refractivity contribution is 5.94. The molecule has 1 unspecified atom stereocenters. The van der Waals surface area contributed by atoms with Gasteiger partial charge in [0.15, 0.2) is 0 Å². The molecule has 2 rings (SSSR count). The third kappa shape index (κ3) is 3.10. The van der Waals surface area contributed by atoms with Gasteiger partial charge in [-0.2, -0.15) is 0 Å². The van der Waals surface area contributed by atoms with Crippen molar-refractivity contribution in [2.24, 2.45) is 5.92 Å². The molecule has 0 saturated heterocycles. The van der Waals surface area contributed by atoms with Crippen LogP contribution in [0.25, 0.3) is 0 Å². The highest BCUT2D eigenvalue weighted by Crippen LogP contribution is 2.15. The molecule has 1 heterocycles. The van der Waals surface area contributed by atoms with E-state index in [-0.39, 0.29) is 5.91 Å². The second kappa shape index (κ2) is 6.01. The maximum atomic E-state index is 12.0. The van der Waals surface area contributed by atoms with Crippen LogP contribution in [0.5, 0.6) is 0 Å². The standard InChI is InChI=1S/C15H22N2O/c1-3-11(2)9-17-15(18)13-5-4-12-6-7-16-10-14(12)8-13/h4-5,8,11,16H,3,6-7,9-10H2,1-2H3,(H,17,18). The normalized spacial score (nSPS) is 15.9. The molecule has 1 amide bonds. The predicted octanol–water partition coefficient (Wildman–Crippen LogP) is 2.11. The number of benzene rings is 1. The first kappa shape index (κ1) is 13.1. The van der Waals surface area contributed by atoms with E-state index in [1.807, 2.05) is 12.1 Å². The molecule has 0 saturated carbocycles. The van der Waals surface area contributed by atoms with Crippen molar-refractivity contribution in [1.29, 1.82) is 0 Å². The number of carbonyl (C=O) groups is 1. The SMILES string of the molecule is CCC(C)CNC(=O)c1ccc2c(c1)CNCC2. The average Bonchev–Trinajstić information content (AvgIpc) is 2.43. The topological polar surface area (TPSA) is 41.1 Å². The zero-order valence-electron chi connectivity index (χ0n) is 11.3. The Kier molecular flexibility index (Phi) is 4.37. The Morgan fingerprint density at radius 2 is 2.28 bits per heavy atom. The molecular formula is C15H22N2O. The lowest BCUT2D eigenvalue weighted by Crippen LogP contribution is -2.29. The molecule has 0 spiro atoms.